The van der Waals surface area contributed by atoms with Gasteiger partial charge < -0.3 is 10.4 Å². The third kappa shape index (κ3) is 4.42. The number of aliphatic hydroxyl groups is 1. The zero-order chi connectivity index (χ0) is 13.7. The number of rotatable bonds is 5. The van der Waals surface area contributed by atoms with Gasteiger partial charge in [-0.15, -0.1) is 0 Å². The van der Waals surface area contributed by atoms with Gasteiger partial charge in [0, 0.05) is 4.47 Å². The van der Waals surface area contributed by atoms with Crippen LogP contribution in [0.4, 0.5) is 0 Å². The Labute approximate surface area is 117 Å². The Kier molecular flexibility index (Phi) is 5.82. The minimum Gasteiger partial charge on any atom is -0.392 e. The summed E-state index contributed by atoms with van der Waals surface area (Å²) in [6, 6.07) is 7.71. The third-order valence-electron chi connectivity index (χ3n) is 2.91. The molecule has 0 saturated carbocycles. The summed E-state index contributed by atoms with van der Waals surface area (Å²) in [5, 5.41) is 12.6. The summed E-state index contributed by atoms with van der Waals surface area (Å²) in [6.45, 7) is 5.73. The highest BCUT2D eigenvalue weighted by molar-refractivity contribution is 9.10. The van der Waals surface area contributed by atoms with E-state index in [4.69, 9.17) is 0 Å². The smallest absolute Gasteiger partial charge is 0.223 e. The zero-order valence-electron chi connectivity index (χ0n) is 11.0. The van der Waals surface area contributed by atoms with E-state index in [1.165, 1.54) is 0 Å². The van der Waals surface area contributed by atoms with Crippen LogP contribution in [0.15, 0.2) is 28.7 Å². The Bertz CT molecular complexity index is 407. The molecular formula is C14H20BrNO2. The van der Waals surface area contributed by atoms with E-state index < -0.39 is 6.10 Å². The zero-order valence-corrected chi connectivity index (χ0v) is 12.6. The predicted octanol–water partition coefficient (Wildman–Crippen LogP) is 3.03. The van der Waals surface area contributed by atoms with Crippen LogP contribution in [0, 0.1) is 5.92 Å². The summed E-state index contributed by atoms with van der Waals surface area (Å²) < 4.78 is 0.974. The van der Waals surface area contributed by atoms with Crippen molar-refractivity contribution in [2.24, 2.45) is 5.92 Å². The molecule has 2 unspecified atom stereocenters. The maximum atomic E-state index is 11.8. The molecule has 0 aromatic heterocycles. The van der Waals surface area contributed by atoms with Crippen LogP contribution < -0.4 is 5.32 Å². The van der Waals surface area contributed by atoms with E-state index in [-0.39, 0.29) is 24.3 Å². The number of hydrogen-bond acceptors (Lipinski definition) is 2. The first kappa shape index (κ1) is 15.2. The fourth-order valence-corrected chi connectivity index (χ4v) is 2.26. The molecule has 3 nitrogen and oxygen atoms in total. The molecule has 0 saturated heterocycles. The molecule has 2 atom stereocenters. The highest BCUT2D eigenvalue weighted by atomic mass is 79.9. The van der Waals surface area contributed by atoms with Gasteiger partial charge in [0.25, 0.3) is 0 Å². The number of aliphatic hydroxyl groups excluding tert-OH is 1. The van der Waals surface area contributed by atoms with E-state index >= 15 is 0 Å². The molecule has 0 fully saturated rings. The molecule has 18 heavy (non-hydrogen) atoms. The van der Waals surface area contributed by atoms with Gasteiger partial charge in [-0.3, -0.25) is 4.79 Å². The van der Waals surface area contributed by atoms with E-state index in [0.29, 0.717) is 0 Å². The van der Waals surface area contributed by atoms with Crippen molar-refractivity contribution < 1.29 is 9.90 Å². The molecule has 4 heteroatoms. The molecule has 0 heterocycles. The van der Waals surface area contributed by atoms with Crippen molar-refractivity contribution in [2.75, 3.05) is 0 Å². The van der Waals surface area contributed by atoms with Crippen LogP contribution in [0.25, 0.3) is 0 Å². The molecule has 1 aromatic carbocycles. The lowest BCUT2D eigenvalue weighted by atomic mass is 10.0. The van der Waals surface area contributed by atoms with Crippen LogP contribution in [0.5, 0.6) is 0 Å². The van der Waals surface area contributed by atoms with Gasteiger partial charge in [-0.1, -0.05) is 48.0 Å². The van der Waals surface area contributed by atoms with Crippen LogP contribution in [0.3, 0.4) is 0 Å². The Morgan fingerprint density at radius 3 is 2.50 bits per heavy atom. The van der Waals surface area contributed by atoms with Crippen LogP contribution in [-0.4, -0.2) is 17.1 Å². The molecule has 1 amide bonds. The summed E-state index contributed by atoms with van der Waals surface area (Å²) in [5.41, 5.74) is 1.03. The third-order valence-corrected chi connectivity index (χ3v) is 3.64. The van der Waals surface area contributed by atoms with E-state index in [1.54, 1.807) is 0 Å². The molecule has 0 aliphatic carbocycles. The molecule has 1 rings (SSSR count). The standard InChI is InChI=1S/C14H20BrNO2/c1-9(2)13(17)8-14(18)16-10(3)11-6-4-5-7-12(11)15/h4-7,9-10,13,17H,8H2,1-3H3,(H,16,18). The summed E-state index contributed by atoms with van der Waals surface area (Å²) in [6.07, 6.45) is -0.441. The highest BCUT2D eigenvalue weighted by Gasteiger charge is 2.17. The number of carbonyl (C=O) groups is 1. The molecule has 0 radical (unpaired) electrons. The van der Waals surface area contributed by atoms with Gasteiger partial charge in [0.05, 0.1) is 18.6 Å². The molecule has 0 aliphatic heterocycles. The maximum Gasteiger partial charge on any atom is 0.223 e. The second-order valence-corrected chi connectivity index (χ2v) is 5.68. The molecular weight excluding hydrogens is 294 g/mol. The fraction of sp³-hybridized carbons (Fsp3) is 0.500. The van der Waals surface area contributed by atoms with Crippen LogP contribution in [0.1, 0.15) is 38.8 Å². The van der Waals surface area contributed by atoms with Crippen LogP contribution in [-0.2, 0) is 4.79 Å². The molecule has 1 aromatic rings. The van der Waals surface area contributed by atoms with Crippen LogP contribution >= 0.6 is 15.9 Å². The van der Waals surface area contributed by atoms with Gasteiger partial charge in [-0.2, -0.15) is 0 Å². The molecule has 0 aliphatic rings. The molecule has 0 bridgehead atoms. The maximum absolute atomic E-state index is 11.8. The Morgan fingerprint density at radius 1 is 1.33 bits per heavy atom. The molecule has 0 spiro atoms. The Balaban J connectivity index is 2.58. The summed E-state index contributed by atoms with van der Waals surface area (Å²) in [4.78, 5) is 11.8. The van der Waals surface area contributed by atoms with Crippen molar-refractivity contribution in [3.05, 3.63) is 34.3 Å². The second kappa shape index (κ2) is 6.90. The van der Waals surface area contributed by atoms with Crippen molar-refractivity contribution in [2.45, 2.75) is 39.3 Å². The normalized spacial score (nSPS) is 14.3. The predicted molar refractivity (Wildman–Crippen MR) is 76.2 cm³/mol. The highest BCUT2D eigenvalue weighted by Crippen LogP contribution is 2.22. The lowest BCUT2D eigenvalue weighted by Gasteiger charge is -2.18. The van der Waals surface area contributed by atoms with Gasteiger partial charge >= 0.3 is 0 Å². The topological polar surface area (TPSA) is 49.3 Å². The van der Waals surface area contributed by atoms with Gasteiger partial charge in [-0.25, -0.2) is 0 Å². The van der Waals surface area contributed by atoms with Crippen molar-refractivity contribution in [3.8, 4) is 0 Å². The van der Waals surface area contributed by atoms with E-state index in [2.05, 4.69) is 21.2 Å². The van der Waals surface area contributed by atoms with Crippen molar-refractivity contribution in [3.63, 3.8) is 0 Å². The van der Waals surface area contributed by atoms with Crippen molar-refractivity contribution in [1.29, 1.82) is 0 Å². The lowest BCUT2D eigenvalue weighted by Crippen LogP contribution is -2.31. The quantitative estimate of drug-likeness (QED) is 0.878. The summed E-state index contributed by atoms with van der Waals surface area (Å²) in [7, 11) is 0. The molecule has 2 N–H and O–H groups in total. The first-order valence-corrected chi connectivity index (χ1v) is 6.93. The van der Waals surface area contributed by atoms with Gasteiger partial charge in [-0.05, 0) is 24.5 Å². The average Bonchev–Trinajstić information content (AvgIpc) is 2.28. The monoisotopic (exact) mass is 313 g/mol. The SMILES string of the molecule is CC(NC(=O)CC(O)C(C)C)c1ccccc1Br. The molecule has 100 valence electrons. The summed E-state index contributed by atoms with van der Waals surface area (Å²) >= 11 is 3.46. The first-order valence-electron chi connectivity index (χ1n) is 6.13. The van der Waals surface area contributed by atoms with Crippen molar-refractivity contribution in [1.82, 2.24) is 5.32 Å². The largest absolute Gasteiger partial charge is 0.392 e. The van der Waals surface area contributed by atoms with E-state index in [0.717, 1.165) is 10.0 Å². The lowest BCUT2D eigenvalue weighted by molar-refractivity contribution is -0.124. The number of benzene rings is 1. The number of amides is 1. The fourth-order valence-electron chi connectivity index (χ4n) is 1.63. The summed E-state index contributed by atoms with van der Waals surface area (Å²) in [5.74, 6) is -0.0334. The number of carbonyl (C=O) groups excluding carboxylic acids is 1. The van der Waals surface area contributed by atoms with Crippen LogP contribution in [0.2, 0.25) is 0 Å². The van der Waals surface area contributed by atoms with Gasteiger partial charge in [0.2, 0.25) is 5.91 Å². The first-order chi connectivity index (χ1) is 8.41. The minimum atomic E-state index is -0.587. The number of nitrogens with one attached hydrogen (secondary N) is 1. The van der Waals surface area contributed by atoms with Gasteiger partial charge in [0.15, 0.2) is 0 Å². The number of halogens is 1. The Morgan fingerprint density at radius 2 is 1.94 bits per heavy atom. The minimum absolute atomic E-state index is 0.0764. The van der Waals surface area contributed by atoms with Crippen molar-refractivity contribution >= 4 is 21.8 Å². The van der Waals surface area contributed by atoms with E-state index in [9.17, 15) is 9.90 Å². The number of hydrogen-bond donors (Lipinski definition) is 2. The van der Waals surface area contributed by atoms with Gasteiger partial charge in [0.1, 0.15) is 0 Å². The Hall–Kier alpha value is -0.870. The second-order valence-electron chi connectivity index (χ2n) is 4.83. The average molecular weight is 314 g/mol. The van der Waals surface area contributed by atoms with E-state index in [1.807, 2.05) is 45.0 Å².